The van der Waals surface area contributed by atoms with Crippen molar-refractivity contribution in [2.45, 2.75) is 59.3 Å². The monoisotopic (exact) mass is 277 g/mol. The summed E-state index contributed by atoms with van der Waals surface area (Å²) in [5.41, 5.74) is 2.35. The minimum absolute atomic E-state index is 0.191. The fourth-order valence-electron chi connectivity index (χ4n) is 2.46. The smallest absolute Gasteiger partial charge is 0.125 e. The van der Waals surface area contributed by atoms with E-state index < -0.39 is 0 Å². The van der Waals surface area contributed by atoms with Gasteiger partial charge in [0.05, 0.1) is 5.71 Å². The van der Waals surface area contributed by atoms with Crippen LogP contribution >= 0.6 is 0 Å². The first-order chi connectivity index (χ1) is 9.54. The fraction of sp³-hybridized carbons (Fsp3) is 0.588. The lowest BCUT2D eigenvalue weighted by atomic mass is 9.88. The number of nitrogens with zero attached hydrogens (tertiary/aromatic N) is 1. The van der Waals surface area contributed by atoms with Gasteiger partial charge in [0.1, 0.15) is 5.75 Å². The second-order valence-electron chi connectivity index (χ2n) is 5.66. The molecule has 3 nitrogen and oxygen atoms in total. The maximum Gasteiger partial charge on any atom is 0.125 e. The van der Waals surface area contributed by atoms with E-state index in [4.69, 9.17) is 0 Å². The Kier molecular flexibility index (Phi) is 6.56. The molecule has 0 fully saturated rings. The largest absolute Gasteiger partial charge is 0.507 e. The van der Waals surface area contributed by atoms with Crippen molar-refractivity contribution in [1.29, 1.82) is 0 Å². The van der Waals surface area contributed by atoms with Crippen molar-refractivity contribution in [3.05, 3.63) is 29.3 Å². The van der Waals surface area contributed by atoms with Crippen LogP contribution in [0.1, 0.15) is 70.4 Å². The predicted molar refractivity (Wildman–Crippen MR) is 83.8 cm³/mol. The van der Waals surface area contributed by atoms with Gasteiger partial charge in [0.25, 0.3) is 0 Å². The van der Waals surface area contributed by atoms with Crippen molar-refractivity contribution >= 4 is 5.71 Å². The molecule has 0 spiro atoms. The standard InChI is InChI=1S/C17H27NO2/c1-5-7-8-13(6-2)17(18-20)15-10-9-14(12(3)4)11-16(15)19/h9-13,19-20H,5-8H2,1-4H3. The molecule has 112 valence electrons. The number of aromatic hydroxyl groups is 1. The van der Waals surface area contributed by atoms with E-state index in [1.807, 2.05) is 12.1 Å². The molecular formula is C17H27NO2. The van der Waals surface area contributed by atoms with Crippen LogP contribution in [-0.4, -0.2) is 16.0 Å². The number of oxime groups is 1. The van der Waals surface area contributed by atoms with Crippen molar-refractivity contribution in [2.75, 3.05) is 0 Å². The molecule has 0 amide bonds. The molecule has 20 heavy (non-hydrogen) atoms. The molecule has 2 N–H and O–H groups in total. The van der Waals surface area contributed by atoms with Crippen LogP contribution in [0.5, 0.6) is 5.75 Å². The van der Waals surface area contributed by atoms with Gasteiger partial charge in [0, 0.05) is 11.5 Å². The summed E-state index contributed by atoms with van der Waals surface area (Å²) in [4.78, 5) is 0. The second-order valence-corrected chi connectivity index (χ2v) is 5.66. The highest BCUT2D eigenvalue weighted by molar-refractivity contribution is 6.04. The average Bonchev–Trinajstić information content (AvgIpc) is 2.44. The molecule has 0 aliphatic heterocycles. The first-order valence-corrected chi connectivity index (χ1v) is 7.60. The maximum absolute atomic E-state index is 10.2. The van der Waals surface area contributed by atoms with Gasteiger partial charge in [-0.15, -0.1) is 0 Å². The lowest BCUT2D eigenvalue weighted by Gasteiger charge is -2.18. The van der Waals surface area contributed by atoms with Gasteiger partial charge in [0.2, 0.25) is 0 Å². The summed E-state index contributed by atoms with van der Waals surface area (Å²) in [5, 5.41) is 23.1. The Morgan fingerprint density at radius 2 is 1.95 bits per heavy atom. The molecular weight excluding hydrogens is 250 g/mol. The van der Waals surface area contributed by atoms with Gasteiger partial charge in [-0.05, 0) is 36.5 Å². The Labute approximate surface area is 122 Å². The molecule has 3 heteroatoms. The first kappa shape index (κ1) is 16.5. The third-order valence-corrected chi connectivity index (χ3v) is 3.86. The molecule has 1 aromatic rings. The number of phenolic OH excluding ortho intramolecular Hbond substituents is 1. The first-order valence-electron chi connectivity index (χ1n) is 7.60. The number of unbranched alkanes of at least 4 members (excludes halogenated alkanes) is 1. The zero-order valence-electron chi connectivity index (χ0n) is 13.1. The van der Waals surface area contributed by atoms with Crippen LogP contribution < -0.4 is 0 Å². The highest BCUT2D eigenvalue weighted by Gasteiger charge is 2.20. The van der Waals surface area contributed by atoms with E-state index in [9.17, 15) is 10.3 Å². The lowest BCUT2D eigenvalue weighted by molar-refractivity contribution is 0.313. The van der Waals surface area contributed by atoms with Crippen LogP contribution in [0, 0.1) is 5.92 Å². The molecule has 0 heterocycles. The molecule has 1 atom stereocenters. The minimum Gasteiger partial charge on any atom is -0.507 e. The molecule has 0 saturated carbocycles. The fourth-order valence-corrected chi connectivity index (χ4v) is 2.46. The van der Waals surface area contributed by atoms with Crippen molar-refractivity contribution in [1.82, 2.24) is 0 Å². The quantitative estimate of drug-likeness (QED) is 0.422. The van der Waals surface area contributed by atoms with E-state index >= 15 is 0 Å². The summed E-state index contributed by atoms with van der Waals surface area (Å²) < 4.78 is 0. The summed E-state index contributed by atoms with van der Waals surface area (Å²) in [6, 6.07) is 5.64. The number of phenols is 1. The third kappa shape index (κ3) is 3.99. The van der Waals surface area contributed by atoms with Crippen LogP contribution in [-0.2, 0) is 0 Å². The van der Waals surface area contributed by atoms with Crippen molar-refractivity contribution in [2.24, 2.45) is 11.1 Å². The van der Waals surface area contributed by atoms with Gasteiger partial charge in [-0.25, -0.2) is 0 Å². The van der Waals surface area contributed by atoms with E-state index in [1.54, 1.807) is 6.07 Å². The molecule has 0 aliphatic carbocycles. The molecule has 1 aromatic carbocycles. The highest BCUT2D eigenvalue weighted by Crippen LogP contribution is 2.28. The van der Waals surface area contributed by atoms with Gasteiger partial charge < -0.3 is 10.3 Å². The zero-order valence-corrected chi connectivity index (χ0v) is 13.1. The van der Waals surface area contributed by atoms with E-state index in [0.29, 0.717) is 17.2 Å². The van der Waals surface area contributed by atoms with Gasteiger partial charge in [-0.3, -0.25) is 0 Å². The highest BCUT2D eigenvalue weighted by atomic mass is 16.4. The molecule has 0 saturated heterocycles. The molecule has 1 rings (SSSR count). The Bertz CT molecular complexity index is 452. The number of rotatable bonds is 7. The Morgan fingerprint density at radius 1 is 1.25 bits per heavy atom. The second kappa shape index (κ2) is 7.93. The van der Waals surface area contributed by atoms with E-state index in [-0.39, 0.29) is 11.7 Å². The van der Waals surface area contributed by atoms with E-state index in [1.165, 1.54) is 0 Å². The third-order valence-electron chi connectivity index (χ3n) is 3.86. The Morgan fingerprint density at radius 3 is 2.40 bits per heavy atom. The molecule has 0 bridgehead atoms. The minimum atomic E-state index is 0.191. The van der Waals surface area contributed by atoms with Gasteiger partial charge in [0.15, 0.2) is 0 Å². The van der Waals surface area contributed by atoms with E-state index in [0.717, 1.165) is 31.2 Å². The van der Waals surface area contributed by atoms with Crippen molar-refractivity contribution in [3.8, 4) is 5.75 Å². The number of hydrogen-bond acceptors (Lipinski definition) is 3. The van der Waals surface area contributed by atoms with Crippen LogP contribution in [0.3, 0.4) is 0 Å². The summed E-state index contributed by atoms with van der Waals surface area (Å²) >= 11 is 0. The zero-order chi connectivity index (χ0) is 15.1. The van der Waals surface area contributed by atoms with E-state index in [2.05, 4.69) is 32.9 Å². The molecule has 0 aliphatic rings. The molecule has 0 radical (unpaired) electrons. The normalized spacial score (nSPS) is 13.8. The molecule has 1 unspecified atom stereocenters. The van der Waals surface area contributed by atoms with Crippen LogP contribution in [0.4, 0.5) is 0 Å². The van der Waals surface area contributed by atoms with Gasteiger partial charge >= 0.3 is 0 Å². The summed E-state index contributed by atoms with van der Waals surface area (Å²) in [6.45, 7) is 8.42. The lowest BCUT2D eigenvalue weighted by Crippen LogP contribution is -2.16. The van der Waals surface area contributed by atoms with Crippen molar-refractivity contribution < 1.29 is 10.3 Å². The average molecular weight is 277 g/mol. The summed E-state index contributed by atoms with van der Waals surface area (Å²) in [5.74, 6) is 0.765. The number of hydrogen-bond donors (Lipinski definition) is 2. The predicted octanol–water partition coefficient (Wildman–Crippen LogP) is 4.91. The Balaban J connectivity index is 3.06. The molecule has 0 aromatic heterocycles. The maximum atomic E-state index is 10.2. The topological polar surface area (TPSA) is 52.8 Å². The summed E-state index contributed by atoms with van der Waals surface area (Å²) in [7, 11) is 0. The van der Waals surface area contributed by atoms with Crippen LogP contribution in [0.25, 0.3) is 0 Å². The number of benzene rings is 1. The van der Waals surface area contributed by atoms with Gasteiger partial charge in [-0.2, -0.15) is 0 Å². The van der Waals surface area contributed by atoms with Gasteiger partial charge in [-0.1, -0.05) is 51.8 Å². The van der Waals surface area contributed by atoms with Crippen molar-refractivity contribution in [3.63, 3.8) is 0 Å². The van der Waals surface area contributed by atoms with Crippen LogP contribution in [0.2, 0.25) is 0 Å². The SMILES string of the molecule is CCCCC(CC)C(=NO)c1ccc(C(C)C)cc1O. The Hall–Kier alpha value is -1.51. The summed E-state index contributed by atoms with van der Waals surface area (Å²) in [6.07, 6.45) is 4.11. The van der Waals surface area contributed by atoms with Crippen LogP contribution in [0.15, 0.2) is 23.4 Å².